The van der Waals surface area contributed by atoms with Crippen molar-refractivity contribution in [2.45, 2.75) is 103 Å². The molecule has 6 heteroatoms. The van der Waals surface area contributed by atoms with Gasteiger partial charge in [-0.3, -0.25) is 0 Å². The van der Waals surface area contributed by atoms with Gasteiger partial charge in [0.25, 0.3) is 0 Å². The molecule has 0 aromatic rings. The van der Waals surface area contributed by atoms with Gasteiger partial charge in [-0.15, -0.1) is 0 Å². The molecule has 6 aliphatic rings. The van der Waals surface area contributed by atoms with Gasteiger partial charge in [0.2, 0.25) is 0 Å². The summed E-state index contributed by atoms with van der Waals surface area (Å²) in [5, 5.41) is 0. The van der Waals surface area contributed by atoms with E-state index in [-0.39, 0.29) is 34.0 Å². The van der Waals surface area contributed by atoms with Gasteiger partial charge < -0.3 is 40.4 Å². The van der Waals surface area contributed by atoms with Crippen molar-refractivity contribution in [3.63, 3.8) is 0 Å². The highest BCUT2D eigenvalue weighted by Crippen LogP contribution is 2.71. The smallest absolute Gasteiger partial charge is 0.174 e. The number of rotatable bonds is 4. The van der Waals surface area contributed by atoms with E-state index in [1.54, 1.807) is 0 Å². The maximum Gasteiger partial charge on any atom is 0.174 e. The number of fused-ring (bicyclic) bond motifs is 6. The van der Waals surface area contributed by atoms with Crippen LogP contribution in [0.4, 0.5) is 0 Å². The molecule has 6 unspecified atom stereocenters. The van der Waals surface area contributed by atoms with Crippen LogP contribution in [0.1, 0.15) is 85.5 Å². The van der Waals surface area contributed by atoms with Crippen LogP contribution in [0, 0.1) is 34.5 Å². The lowest BCUT2D eigenvalue weighted by Crippen LogP contribution is -3.00. The summed E-state index contributed by atoms with van der Waals surface area (Å²) >= 11 is 0. The summed E-state index contributed by atoms with van der Waals surface area (Å²) in [7, 11) is 2.53. The fourth-order valence-corrected chi connectivity index (χ4v) is 10.7. The van der Waals surface area contributed by atoms with E-state index < -0.39 is 0 Å². The Hall–Kier alpha value is 0.280. The molecule has 2 spiro atoms. The van der Waals surface area contributed by atoms with E-state index >= 15 is 0 Å². The van der Waals surface area contributed by atoms with E-state index in [4.69, 9.17) is 18.9 Å². The highest BCUT2D eigenvalue weighted by Gasteiger charge is 2.70. The number of halogens is 1. The minimum absolute atomic E-state index is 0. The second-order valence-corrected chi connectivity index (χ2v) is 13.3. The second kappa shape index (κ2) is 9.19. The molecular formula is C29H50BrNO4. The maximum absolute atomic E-state index is 6.43. The Balaban J connectivity index is 0.00000253. The van der Waals surface area contributed by atoms with Crippen molar-refractivity contribution in [1.29, 1.82) is 0 Å². The molecule has 0 bridgehead atoms. The third-order valence-corrected chi connectivity index (χ3v) is 13.0. The molecule has 35 heavy (non-hydrogen) atoms. The lowest BCUT2D eigenvalue weighted by Gasteiger charge is -2.66. The lowest BCUT2D eigenvalue weighted by atomic mass is 9.42. The van der Waals surface area contributed by atoms with Crippen molar-refractivity contribution < 1.29 is 40.4 Å². The molecule has 5 nitrogen and oxygen atoms in total. The van der Waals surface area contributed by atoms with Crippen LogP contribution in [0.2, 0.25) is 0 Å². The fourth-order valence-electron chi connectivity index (χ4n) is 10.7. The van der Waals surface area contributed by atoms with Crippen LogP contribution in [0.25, 0.3) is 0 Å². The first-order chi connectivity index (χ1) is 16.3. The normalized spacial score (nSPS) is 44.5. The van der Waals surface area contributed by atoms with Gasteiger partial charge in [-0.25, -0.2) is 0 Å². The third kappa shape index (κ3) is 3.55. The maximum atomic E-state index is 6.43. The van der Waals surface area contributed by atoms with Crippen molar-refractivity contribution in [1.82, 2.24) is 0 Å². The minimum Gasteiger partial charge on any atom is -1.00 e. The Labute approximate surface area is 224 Å². The zero-order valence-corrected chi connectivity index (χ0v) is 24.5. The number of hydrogen-bond acceptors (Lipinski definition) is 4. The third-order valence-electron chi connectivity index (χ3n) is 13.0. The van der Waals surface area contributed by atoms with Gasteiger partial charge in [0.05, 0.1) is 52.6 Å². The summed E-state index contributed by atoms with van der Waals surface area (Å²) < 4.78 is 26.7. The topological polar surface area (TPSA) is 36.9 Å². The van der Waals surface area contributed by atoms with Crippen LogP contribution >= 0.6 is 0 Å². The lowest BCUT2D eigenvalue weighted by molar-refractivity contribution is -0.938. The van der Waals surface area contributed by atoms with Gasteiger partial charge in [-0.05, 0) is 83.0 Å². The molecule has 0 N–H and O–H groups in total. The number of ether oxygens (including phenoxy) is 4. The molecule has 2 aliphatic heterocycles. The molecule has 2 heterocycles. The van der Waals surface area contributed by atoms with Crippen LogP contribution in [0.5, 0.6) is 0 Å². The van der Waals surface area contributed by atoms with Crippen LogP contribution in [-0.2, 0) is 18.9 Å². The quantitative estimate of drug-likeness (QED) is 0.499. The molecular weight excluding hydrogens is 506 g/mol. The summed E-state index contributed by atoms with van der Waals surface area (Å²) in [6, 6.07) is 0.665. The van der Waals surface area contributed by atoms with Crippen molar-refractivity contribution in [2.24, 2.45) is 34.5 Å². The van der Waals surface area contributed by atoms with Crippen molar-refractivity contribution in [2.75, 3.05) is 46.6 Å². The summed E-state index contributed by atoms with van der Waals surface area (Å²) in [4.78, 5) is 0. The molecule has 4 saturated carbocycles. The van der Waals surface area contributed by atoms with E-state index in [0.29, 0.717) is 17.4 Å². The van der Waals surface area contributed by atoms with Crippen molar-refractivity contribution in [3.05, 3.63) is 0 Å². The SMILES string of the molecule is CC[N+](C)(CC)C(C)C12CCC3(CC1CCC1C2CC[C@@]2(C)C1CCC21OCCO1)OCCO3.[Br-]. The molecule has 202 valence electrons. The molecule has 2 saturated heterocycles. The standard InChI is InChI=1S/C29H50NO4.BrH/c1-6-30(5,7-2)21(3)28-15-14-27(31-16-17-32-27)20-22(28)8-9-23-24-11-13-29(33-18-19-34-29)26(24,4)12-10-25(23)28;/h21-25H,6-20H2,1-5H3;1H/q+1;/p-1/t21?,22?,23?,24?,25?,26-,28?;/m0./s1. The van der Waals surface area contributed by atoms with E-state index in [1.165, 1.54) is 56.1 Å². The fraction of sp³-hybridized carbons (Fsp3) is 1.00. The van der Waals surface area contributed by atoms with Gasteiger partial charge in [0, 0.05) is 30.1 Å². The predicted molar refractivity (Wildman–Crippen MR) is 132 cm³/mol. The van der Waals surface area contributed by atoms with Gasteiger partial charge in [-0.2, -0.15) is 0 Å². The number of hydrogen-bond donors (Lipinski definition) is 0. The van der Waals surface area contributed by atoms with Crippen LogP contribution < -0.4 is 17.0 Å². The van der Waals surface area contributed by atoms with Crippen LogP contribution in [0.3, 0.4) is 0 Å². The van der Waals surface area contributed by atoms with Gasteiger partial charge in [0.15, 0.2) is 11.6 Å². The minimum atomic E-state index is -0.294. The summed E-state index contributed by atoms with van der Waals surface area (Å²) in [5.74, 6) is 2.50. The molecule has 0 radical (unpaired) electrons. The van der Waals surface area contributed by atoms with Crippen LogP contribution in [-0.4, -0.2) is 68.7 Å². The summed E-state index contributed by atoms with van der Waals surface area (Å²) in [6.45, 7) is 15.5. The number of quaternary nitrogens is 1. The van der Waals surface area contributed by atoms with E-state index in [9.17, 15) is 0 Å². The average Bonchev–Trinajstić information content (AvgIpc) is 3.59. The van der Waals surface area contributed by atoms with E-state index in [2.05, 4.69) is 34.7 Å². The summed E-state index contributed by atoms with van der Waals surface area (Å²) in [5.41, 5.74) is 0.571. The Bertz CT molecular complexity index is 777. The molecule has 6 fully saturated rings. The first-order valence-corrected chi connectivity index (χ1v) is 14.7. The van der Waals surface area contributed by atoms with Gasteiger partial charge in [-0.1, -0.05) is 6.92 Å². The molecule has 0 amide bonds. The largest absolute Gasteiger partial charge is 1.00 e. The average molecular weight is 557 g/mol. The first-order valence-electron chi connectivity index (χ1n) is 14.7. The van der Waals surface area contributed by atoms with Crippen molar-refractivity contribution >= 4 is 0 Å². The van der Waals surface area contributed by atoms with Crippen molar-refractivity contribution in [3.8, 4) is 0 Å². The Morgan fingerprint density at radius 1 is 0.800 bits per heavy atom. The molecule has 6 rings (SSSR count). The predicted octanol–water partition coefficient (Wildman–Crippen LogP) is 2.37. The highest BCUT2D eigenvalue weighted by molar-refractivity contribution is 5.15. The monoisotopic (exact) mass is 555 g/mol. The molecule has 7 atom stereocenters. The zero-order valence-electron chi connectivity index (χ0n) is 23.0. The zero-order chi connectivity index (χ0) is 23.8. The Morgan fingerprint density at radius 2 is 1.43 bits per heavy atom. The van der Waals surface area contributed by atoms with Gasteiger partial charge in [0.1, 0.15) is 0 Å². The Kier molecular flexibility index (Phi) is 7.05. The molecule has 0 aromatic heterocycles. The second-order valence-electron chi connectivity index (χ2n) is 13.3. The van der Waals surface area contributed by atoms with Gasteiger partial charge >= 0.3 is 0 Å². The number of nitrogens with zero attached hydrogens (tertiary/aromatic N) is 1. The summed E-state index contributed by atoms with van der Waals surface area (Å²) in [6.07, 6.45) is 11.2. The highest BCUT2D eigenvalue weighted by atomic mass is 79.9. The van der Waals surface area contributed by atoms with Crippen LogP contribution in [0.15, 0.2) is 0 Å². The molecule has 4 aliphatic carbocycles. The Morgan fingerprint density at radius 3 is 2.09 bits per heavy atom. The van der Waals surface area contributed by atoms with E-state index in [0.717, 1.165) is 63.4 Å². The molecule has 0 aromatic carbocycles. The van der Waals surface area contributed by atoms with E-state index in [1.807, 2.05) is 0 Å². The first kappa shape index (κ1) is 26.9.